The molecule has 1 saturated heterocycles. The number of piperazine rings is 1. The summed E-state index contributed by atoms with van der Waals surface area (Å²) in [4.78, 5) is 33.0. The second kappa shape index (κ2) is 10.6. The Labute approximate surface area is 188 Å². The number of amides is 2. The fraction of sp³-hybridized carbons (Fsp3) is 0.320. The highest BCUT2D eigenvalue weighted by Crippen LogP contribution is 2.20. The maximum Gasteiger partial charge on any atom is 0.242 e. The fourth-order valence-corrected chi connectivity index (χ4v) is 3.79. The number of hydrogen-bond acceptors (Lipinski definition) is 5. The molecule has 1 fully saturated rings. The van der Waals surface area contributed by atoms with Crippen LogP contribution in [0.3, 0.4) is 0 Å². The van der Waals surface area contributed by atoms with Crippen LogP contribution in [-0.2, 0) is 16.0 Å². The van der Waals surface area contributed by atoms with Crippen LogP contribution in [0.4, 0.5) is 5.69 Å². The minimum atomic E-state index is -0.129. The molecule has 0 atom stereocenters. The zero-order chi connectivity index (χ0) is 22.2. The molecule has 1 aliphatic rings. The van der Waals surface area contributed by atoms with Crippen molar-refractivity contribution < 1.29 is 14.0 Å². The molecule has 4 rings (SSSR count). The molecule has 0 saturated carbocycles. The van der Waals surface area contributed by atoms with Crippen molar-refractivity contribution in [2.45, 2.75) is 19.3 Å². The van der Waals surface area contributed by atoms with Gasteiger partial charge < -0.3 is 19.5 Å². The molecule has 0 radical (unpaired) electrons. The van der Waals surface area contributed by atoms with Gasteiger partial charge in [-0.1, -0.05) is 48.5 Å². The Kier molecular flexibility index (Phi) is 7.17. The highest BCUT2D eigenvalue weighted by atomic mass is 16.4. The first-order chi connectivity index (χ1) is 15.7. The molecule has 2 aromatic carbocycles. The molecule has 1 N–H and O–H groups in total. The lowest BCUT2D eigenvalue weighted by molar-refractivity contribution is -0.133. The van der Waals surface area contributed by atoms with Crippen molar-refractivity contribution in [3.63, 3.8) is 0 Å². The van der Waals surface area contributed by atoms with Gasteiger partial charge in [0.2, 0.25) is 11.8 Å². The van der Waals surface area contributed by atoms with E-state index in [0.717, 1.165) is 24.4 Å². The number of benzene rings is 2. The van der Waals surface area contributed by atoms with E-state index in [2.05, 4.69) is 27.3 Å². The zero-order valence-corrected chi connectivity index (χ0v) is 18.1. The Morgan fingerprint density at radius 1 is 0.938 bits per heavy atom. The average molecular weight is 433 g/mol. The van der Waals surface area contributed by atoms with Crippen molar-refractivity contribution in [3.8, 4) is 11.3 Å². The summed E-state index contributed by atoms with van der Waals surface area (Å²) in [5.41, 5.74) is 2.15. The monoisotopic (exact) mass is 432 g/mol. The predicted molar refractivity (Wildman–Crippen MR) is 123 cm³/mol. The number of aromatic nitrogens is 1. The Hall–Kier alpha value is -3.61. The van der Waals surface area contributed by atoms with Gasteiger partial charge in [0.15, 0.2) is 11.7 Å². The molecular formula is C25H28N4O3. The number of carbonyl (C=O) groups excluding carboxylic acids is 2. The summed E-state index contributed by atoms with van der Waals surface area (Å²) in [6.07, 6.45) is 3.24. The van der Waals surface area contributed by atoms with Crippen molar-refractivity contribution in [2.24, 2.45) is 0 Å². The van der Waals surface area contributed by atoms with Crippen LogP contribution in [0.25, 0.3) is 11.3 Å². The molecule has 7 nitrogen and oxygen atoms in total. The molecule has 2 amide bonds. The molecule has 2 heterocycles. The zero-order valence-electron chi connectivity index (χ0n) is 18.1. The highest BCUT2D eigenvalue weighted by Gasteiger charge is 2.21. The van der Waals surface area contributed by atoms with Crippen LogP contribution < -0.4 is 10.2 Å². The molecule has 0 spiro atoms. The van der Waals surface area contributed by atoms with Crippen molar-refractivity contribution in [1.82, 2.24) is 15.2 Å². The molecule has 0 unspecified atom stereocenters. The third kappa shape index (κ3) is 5.75. The highest BCUT2D eigenvalue weighted by molar-refractivity contribution is 5.84. The minimum absolute atomic E-state index is 0.0359. The molecule has 166 valence electrons. The van der Waals surface area contributed by atoms with Gasteiger partial charge in [-0.2, -0.15) is 0 Å². The molecule has 32 heavy (non-hydrogen) atoms. The van der Waals surface area contributed by atoms with Crippen molar-refractivity contribution in [1.29, 1.82) is 0 Å². The summed E-state index contributed by atoms with van der Waals surface area (Å²) in [5.74, 6) is 1.18. The lowest BCUT2D eigenvalue weighted by atomic mass is 10.2. The van der Waals surface area contributed by atoms with Gasteiger partial charge in [-0.05, 0) is 18.6 Å². The number of oxazole rings is 1. The molecule has 1 aromatic heterocycles. The van der Waals surface area contributed by atoms with E-state index in [1.54, 1.807) is 6.20 Å². The maximum absolute atomic E-state index is 12.4. The van der Waals surface area contributed by atoms with Gasteiger partial charge in [0.25, 0.3) is 0 Å². The largest absolute Gasteiger partial charge is 0.441 e. The number of aryl methyl sites for hydroxylation is 1. The second-order valence-electron chi connectivity index (χ2n) is 7.82. The summed E-state index contributed by atoms with van der Waals surface area (Å²) in [6.45, 7) is 2.96. The van der Waals surface area contributed by atoms with E-state index in [4.69, 9.17) is 4.42 Å². The number of nitrogens with zero attached hydrogens (tertiary/aromatic N) is 3. The van der Waals surface area contributed by atoms with Gasteiger partial charge in [-0.3, -0.25) is 9.59 Å². The molecular weight excluding hydrogens is 404 g/mol. The summed E-state index contributed by atoms with van der Waals surface area (Å²) < 4.78 is 5.76. The molecule has 1 aliphatic heterocycles. The third-order valence-corrected chi connectivity index (χ3v) is 5.60. The third-order valence-electron chi connectivity index (χ3n) is 5.60. The second-order valence-corrected chi connectivity index (χ2v) is 7.82. The van der Waals surface area contributed by atoms with E-state index >= 15 is 0 Å². The number of rotatable bonds is 8. The van der Waals surface area contributed by atoms with Crippen LogP contribution in [0.5, 0.6) is 0 Å². The number of para-hydroxylation sites is 1. The maximum atomic E-state index is 12.4. The summed E-state index contributed by atoms with van der Waals surface area (Å²) >= 11 is 0. The molecule has 3 aromatic rings. The van der Waals surface area contributed by atoms with E-state index in [-0.39, 0.29) is 18.4 Å². The van der Waals surface area contributed by atoms with Crippen LogP contribution in [0.15, 0.2) is 71.3 Å². The lowest BCUT2D eigenvalue weighted by Crippen LogP contribution is -2.51. The summed E-state index contributed by atoms with van der Waals surface area (Å²) in [6, 6.07) is 20.0. The lowest BCUT2D eigenvalue weighted by Gasteiger charge is -2.36. The first-order valence-corrected chi connectivity index (χ1v) is 11.0. The minimum Gasteiger partial charge on any atom is -0.441 e. The first-order valence-electron chi connectivity index (χ1n) is 11.0. The van der Waals surface area contributed by atoms with Gasteiger partial charge in [0.1, 0.15) is 0 Å². The van der Waals surface area contributed by atoms with Gasteiger partial charge in [-0.15, -0.1) is 0 Å². The van der Waals surface area contributed by atoms with Crippen LogP contribution in [0.2, 0.25) is 0 Å². The SMILES string of the molecule is O=C(CCCc1ncc(-c2ccccc2)o1)NCC(=O)N1CCN(c2ccccc2)CC1. The number of anilines is 1. The van der Waals surface area contributed by atoms with Crippen LogP contribution >= 0.6 is 0 Å². The van der Waals surface area contributed by atoms with Crippen molar-refractivity contribution in [3.05, 3.63) is 72.8 Å². The van der Waals surface area contributed by atoms with Crippen LogP contribution in [0, 0.1) is 0 Å². The topological polar surface area (TPSA) is 78.7 Å². The van der Waals surface area contributed by atoms with Crippen molar-refractivity contribution in [2.75, 3.05) is 37.6 Å². The van der Waals surface area contributed by atoms with E-state index in [1.165, 1.54) is 5.69 Å². The van der Waals surface area contributed by atoms with Gasteiger partial charge in [-0.25, -0.2) is 4.98 Å². The van der Waals surface area contributed by atoms with Crippen molar-refractivity contribution >= 4 is 17.5 Å². The summed E-state index contributed by atoms with van der Waals surface area (Å²) in [5, 5.41) is 2.75. The number of hydrogen-bond donors (Lipinski definition) is 1. The van der Waals surface area contributed by atoms with Gasteiger partial charge in [0, 0.05) is 50.3 Å². The average Bonchev–Trinajstić information content (AvgIpc) is 3.33. The van der Waals surface area contributed by atoms with Crippen LogP contribution in [0.1, 0.15) is 18.7 Å². The fourth-order valence-electron chi connectivity index (χ4n) is 3.79. The van der Waals surface area contributed by atoms with E-state index in [9.17, 15) is 9.59 Å². The Morgan fingerprint density at radius 2 is 1.62 bits per heavy atom. The van der Waals surface area contributed by atoms with Gasteiger partial charge >= 0.3 is 0 Å². The molecule has 7 heteroatoms. The first kappa shape index (κ1) is 21.6. The normalized spacial score (nSPS) is 13.8. The standard InChI is InChI=1S/C25H28N4O3/c30-23(12-7-13-24-27-18-22(32-24)20-8-3-1-4-9-20)26-19-25(31)29-16-14-28(15-17-29)21-10-5-2-6-11-21/h1-6,8-11,18H,7,12-17,19H2,(H,26,30). The van der Waals surface area contributed by atoms with E-state index in [1.807, 2.05) is 53.4 Å². The van der Waals surface area contributed by atoms with Crippen LogP contribution in [-0.4, -0.2) is 54.4 Å². The quantitative estimate of drug-likeness (QED) is 0.592. The van der Waals surface area contributed by atoms with Gasteiger partial charge in [0.05, 0.1) is 12.7 Å². The molecule has 0 aliphatic carbocycles. The summed E-state index contributed by atoms with van der Waals surface area (Å²) in [7, 11) is 0. The predicted octanol–water partition coefficient (Wildman–Crippen LogP) is 3.13. The number of carbonyl (C=O) groups is 2. The smallest absolute Gasteiger partial charge is 0.242 e. The Balaban J connectivity index is 1.13. The van der Waals surface area contributed by atoms with E-state index in [0.29, 0.717) is 38.2 Å². The van der Waals surface area contributed by atoms with E-state index < -0.39 is 0 Å². The number of nitrogens with one attached hydrogen (secondary N) is 1. The Morgan fingerprint density at radius 3 is 2.34 bits per heavy atom. The molecule has 0 bridgehead atoms. The Bertz CT molecular complexity index is 1010.